The number of β-lactam (4-membered cyclic amide) rings is 1. The fourth-order valence-electron chi connectivity index (χ4n) is 5.47. The van der Waals surface area contributed by atoms with E-state index in [0.717, 1.165) is 24.1 Å². The van der Waals surface area contributed by atoms with E-state index in [2.05, 4.69) is 10.6 Å². The number of nitrogens with one attached hydrogen (secondary N) is 2. The van der Waals surface area contributed by atoms with E-state index in [4.69, 9.17) is 0 Å². The smallest absolute Gasteiger partial charge is 0.352 e. The van der Waals surface area contributed by atoms with Gasteiger partial charge in [0.1, 0.15) is 5.70 Å². The second-order valence-electron chi connectivity index (χ2n) is 9.00. The van der Waals surface area contributed by atoms with Crippen LogP contribution in [0.2, 0.25) is 0 Å². The van der Waals surface area contributed by atoms with Crippen molar-refractivity contribution in [2.45, 2.75) is 64.1 Å². The fourth-order valence-corrected chi connectivity index (χ4v) is 5.47. The number of anilines is 1. The van der Waals surface area contributed by atoms with E-state index in [9.17, 15) is 24.6 Å². The highest BCUT2D eigenvalue weighted by molar-refractivity contribution is 6.00. The average molecular weight is 428 g/mol. The molecule has 0 bridgehead atoms. The summed E-state index contributed by atoms with van der Waals surface area (Å²) in [7, 11) is 0. The fraction of sp³-hybridized carbons (Fsp3) is 0.522. The molecule has 2 aliphatic heterocycles. The molecule has 2 heterocycles. The zero-order valence-corrected chi connectivity index (χ0v) is 18.0. The Morgan fingerprint density at radius 2 is 1.87 bits per heavy atom. The third-order valence-electron chi connectivity index (χ3n) is 6.76. The van der Waals surface area contributed by atoms with Crippen molar-refractivity contribution in [3.8, 4) is 0 Å². The minimum absolute atomic E-state index is 0.0236. The molecule has 166 valence electrons. The highest BCUT2D eigenvalue weighted by Crippen LogP contribution is 2.52. The molecule has 4 N–H and O–H groups in total. The van der Waals surface area contributed by atoms with Crippen molar-refractivity contribution >= 4 is 23.6 Å². The molecule has 1 saturated heterocycles. The Bertz CT molecular complexity index is 954. The van der Waals surface area contributed by atoms with Crippen LogP contribution in [0.4, 0.5) is 10.5 Å². The largest absolute Gasteiger partial charge is 0.477 e. The van der Waals surface area contributed by atoms with Gasteiger partial charge in [-0.2, -0.15) is 0 Å². The monoisotopic (exact) mass is 427 g/mol. The molecule has 1 aliphatic carbocycles. The molecule has 31 heavy (non-hydrogen) atoms. The lowest BCUT2D eigenvalue weighted by Gasteiger charge is -2.47. The molecule has 1 saturated carbocycles. The maximum absolute atomic E-state index is 12.8. The van der Waals surface area contributed by atoms with E-state index >= 15 is 0 Å². The summed E-state index contributed by atoms with van der Waals surface area (Å²) in [6, 6.07) is 6.37. The maximum Gasteiger partial charge on any atom is 0.352 e. The number of carboxylic acids is 1. The molecule has 0 radical (unpaired) electrons. The van der Waals surface area contributed by atoms with Gasteiger partial charge in [-0.15, -0.1) is 0 Å². The first kappa shape index (κ1) is 21.4. The second-order valence-corrected chi connectivity index (χ2v) is 9.00. The number of para-hydroxylation sites is 1. The maximum atomic E-state index is 12.8. The van der Waals surface area contributed by atoms with Crippen molar-refractivity contribution in [2.75, 3.05) is 5.32 Å². The molecule has 1 unspecified atom stereocenters. The van der Waals surface area contributed by atoms with E-state index in [0.29, 0.717) is 12.0 Å². The Hall–Kier alpha value is -2.87. The van der Waals surface area contributed by atoms with Gasteiger partial charge in [-0.3, -0.25) is 4.79 Å². The molecule has 0 aromatic heterocycles. The van der Waals surface area contributed by atoms with Crippen LogP contribution in [0.1, 0.15) is 51.5 Å². The number of aliphatic hydroxyl groups is 1. The van der Waals surface area contributed by atoms with Gasteiger partial charge >= 0.3 is 12.0 Å². The molecule has 8 heteroatoms. The summed E-state index contributed by atoms with van der Waals surface area (Å²) in [6.45, 7) is 5.66. The third-order valence-corrected chi connectivity index (χ3v) is 6.76. The van der Waals surface area contributed by atoms with E-state index in [1.807, 2.05) is 38.1 Å². The molecule has 8 nitrogen and oxygen atoms in total. The summed E-state index contributed by atoms with van der Waals surface area (Å²) in [4.78, 5) is 38.8. The predicted octanol–water partition coefficient (Wildman–Crippen LogP) is 2.66. The van der Waals surface area contributed by atoms with E-state index in [1.165, 1.54) is 4.90 Å². The van der Waals surface area contributed by atoms with Gasteiger partial charge in [0.25, 0.3) is 0 Å². The summed E-state index contributed by atoms with van der Waals surface area (Å²) < 4.78 is 0. The standard InChI is InChI=1S/C23H29N3O5/c1-11(2)13-7-4-5-9-15(13)24-23(31)25-16-10-6-8-14-18(16)20(22(29)30)26-19(14)17(12(3)27)21(26)28/h4-5,7,9,11-12,14,16-17,19,27H,6,8,10H2,1-3H3,(H,29,30)(H2,24,25,31)/t12?,14-,16-,17+,19+/m0/s1. The summed E-state index contributed by atoms with van der Waals surface area (Å²) >= 11 is 0. The number of aliphatic carboxylic acids is 1. The van der Waals surface area contributed by atoms with Gasteiger partial charge in [0.2, 0.25) is 5.91 Å². The van der Waals surface area contributed by atoms with Gasteiger partial charge in [0.15, 0.2) is 0 Å². The Kier molecular flexibility index (Phi) is 5.51. The number of nitrogens with zero attached hydrogens (tertiary/aromatic N) is 1. The molecule has 3 amide bonds. The Morgan fingerprint density at radius 1 is 1.16 bits per heavy atom. The van der Waals surface area contributed by atoms with Crippen LogP contribution in [0.3, 0.4) is 0 Å². The first-order chi connectivity index (χ1) is 14.7. The normalized spacial score (nSPS) is 28.0. The lowest BCUT2D eigenvalue weighted by atomic mass is 9.71. The number of rotatable bonds is 5. The van der Waals surface area contributed by atoms with Crippen molar-refractivity contribution in [1.82, 2.24) is 10.2 Å². The molecule has 2 fully saturated rings. The topological polar surface area (TPSA) is 119 Å². The van der Waals surface area contributed by atoms with Gasteiger partial charge in [0, 0.05) is 11.6 Å². The first-order valence-electron chi connectivity index (χ1n) is 10.9. The van der Waals surface area contributed by atoms with Crippen molar-refractivity contribution in [3.05, 3.63) is 41.1 Å². The number of amides is 3. The van der Waals surface area contributed by atoms with Gasteiger partial charge in [-0.05, 0) is 42.9 Å². The van der Waals surface area contributed by atoms with Crippen LogP contribution >= 0.6 is 0 Å². The van der Waals surface area contributed by atoms with Crippen LogP contribution in [0.5, 0.6) is 0 Å². The Balaban J connectivity index is 1.58. The number of carbonyl (C=O) groups excluding carboxylic acids is 2. The van der Waals surface area contributed by atoms with E-state index in [-0.39, 0.29) is 29.5 Å². The number of fused-ring (bicyclic) bond motifs is 3. The average Bonchev–Trinajstić information content (AvgIpc) is 2.99. The first-order valence-corrected chi connectivity index (χ1v) is 10.9. The summed E-state index contributed by atoms with van der Waals surface area (Å²) in [6.07, 6.45) is 1.31. The predicted molar refractivity (Wildman–Crippen MR) is 114 cm³/mol. The molecular formula is C23H29N3O5. The number of carbonyl (C=O) groups is 3. The van der Waals surface area contributed by atoms with Gasteiger partial charge in [-0.1, -0.05) is 38.5 Å². The van der Waals surface area contributed by atoms with Crippen molar-refractivity contribution in [1.29, 1.82) is 0 Å². The van der Waals surface area contributed by atoms with E-state index < -0.39 is 30.1 Å². The Morgan fingerprint density at radius 3 is 2.52 bits per heavy atom. The zero-order chi connectivity index (χ0) is 22.4. The number of hydrogen-bond donors (Lipinski definition) is 4. The highest BCUT2D eigenvalue weighted by atomic mass is 16.4. The highest BCUT2D eigenvalue weighted by Gasteiger charge is 2.62. The lowest BCUT2D eigenvalue weighted by Crippen LogP contribution is -2.64. The van der Waals surface area contributed by atoms with Crippen molar-refractivity contribution in [2.24, 2.45) is 11.8 Å². The quantitative estimate of drug-likeness (QED) is 0.539. The number of carboxylic acid groups (broad SMARTS) is 1. The van der Waals surface area contributed by atoms with Crippen LogP contribution in [-0.4, -0.2) is 51.2 Å². The summed E-state index contributed by atoms with van der Waals surface area (Å²) in [5, 5.41) is 25.8. The molecule has 5 atom stereocenters. The van der Waals surface area contributed by atoms with Crippen LogP contribution in [0, 0.1) is 11.8 Å². The van der Waals surface area contributed by atoms with Crippen LogP contribution in [0.25, 0.3) is 0 Å². The van der Waals surface area contributed by atoms with Gasteiger partial charge < -0.3 is 25.7 Å². The molecule has 4 rings (SSSR count). The van der Waals surface area contributed by atoms with Crippen LogP contribution < -0.4 is 10.6 Å². The number of benzene rings is 1. The third kappa shape index (κ3) is 3.48. The van der Waals surface area contributed by atoms with E-state index in [1.54, 1.807) is 6.92 Å². The second kappa shape index (κ2) is 8.00. The molecule has 0 spiro atoms. The van der Waals surface area contributed by atoms with Crippen molar-refractivity contribution < 1.29 is 24.6 Å². The SMILES string of the molecule is CC(C)c1ccccc1NC(=O)N[C@H]1CCC[C@H]2C1=C(C(=O)O)N1C(=O)[C@H](C(C)O)[C@@H]21. The molecule has 3 aliphatic rings. The molecule has 1 aromatic carbocycles. The van der Waals surface area contributed by atoms with Crippen LogP contribution in [-0.2, 0) is 9.59 Å². The zero-order valence-electron chi connectivity index (χ0n) is 18.0. The summed E-state index contributed by atoms with van der Waals surface area (Å²) in [5.41, 5.74) is 2.31. The minimum Gasteiger partial charge on any atom is -0.477 e. The lowest BCUT2D eigenvalue weighted by molar-refractivity contribution is -0.163. The van der Waals surface area contributed by atoms with Gasteiger partial charge in [-0.25, -0.2) is 9.59 Å². The number of urea groups is 1. The minimum atomic E-state index is -1.17. The number of hydrogen-bond acceptors (Lipinski definition) is 4. The molecule has 1 aromatic rings. The summed E-state index contributed by atoms with van der Waals surface area (Å²) in [5.74, 6) is -2.04. The van der Waals surface area contributed by atoms with Crippen LogP contribution in [0.15, 0.2) is 35.5 Å². The Labute approximate surface area is 181 Å². The van der Waals surface area contributed by atoms with Gasteiger partial charge in [0.05, 0.1) is 24.1 Å². The number of aliphatic hydroxyl groups excluding tert-OH is 1. The van der Waals surface area contributed by atoms with Crippen molar-refractivity contribution in [3.63, 3.8) is 0 Å². The molecular weight excluding hydrogens is 398 g/mol.